The van der Waals surface area contributed by atoms with E-state index in [1.807, 2.05) is 13.1 Å². The monoisotopic (exact) mass is 959 g/mol. The fourth-order valence-electron chi connectivity index (χ4n) is 10.9. The van der Waals surface area contributed by atoms with Gasteiger partial charge in [-0.3, -0.25) is 4.79 Å². The van der Waals surface area contributed by atoms with Crippen LogP contribution in [-0.2, 0) is 9.47 Å². The summed E-state index contributed by atoms with van der Waals surface area (Å²) in [6.45, 7) is 64.3. The van der Waals surface area contributed by atoms with Crippen LogP contribution in [0, 0.1) is 23.2 Å². The summed E-state index contributed by atoms with van der Waals surface area (Å²) in [5, 5.41) is 1.20. The SMILES string of the molecule is C1CCOC1.C1CCOC1.CC(C)(C)[Si](C)(C)[Si-]=C(C12CC3CC(CC(C3)C1)C2)[Si](C)(C(C)(C)C)C(C)(C)C.CC(C)(C)[Si](C)([O-])C(C)(C)C.CC(C)(C)[Si](C)([O-])C(C)(C)C.[Li+].[Li+].[Li+]. The van der Waals surface area contributed by atoms with Gasteiger partial charge >= 0.3 is 56.6 Å². The number of hydrogen-bond acceptors (Lipinski definition) is 4. The van der Waals surface area contributed by atoms with E-state index in [1.165, 1.54) is 25.7 Å². The summed E-state index contributed by atoms with van der Waals surface area (Å²) in [5.41, 5.74) is 0.615. The van der Waals surface area contributed by atoms with Crippen molar-refractivity contribution in [1.29, 1.82) is 0 Å². The van der Waals surface area contributed by atoms with Gasteiger partial charge in [-0.05, 0) is 114 Å². The number of ether oxygens (including phenoxy) is 2. The predicted molar refractivity (Wildman–Crippen MR) is 282 cm³/mol. The second-order valence-electron chi connectivity index (χ2n) is 28.9. The molecule has 0 aromatic rings. The van der Waals surface area contributed by atoms with E-state index in [4.69, 9.17) is 9.47 Å². The van der Waals surface area contributed by atoms with Crippen molar-refractivity contribution < 1.29 is 75.6 Å². The zero-order chi connectivity index (χ0) is 48.3. The minimum absolute atomic E-state index is 0. The van der Waals surface area contributed by atoms with Crippen LogP contribution in [0.25, 0.3) is 0 Å². The second kappa shape index (κ2) is 25.5. The van der Waals surface area contributed by atoms with E-state index in [0.29, 0.717) is 20.5 Å². The molecule has 64 heavy (non-hydrogen) atoms. The van der Waals surface area contributed by atoms with Gasteiger partial charge in [0.25, 0.3) is 0 Å². The Labute approximate surface area is 444 Å². The molecule has 4 saturated carbocycles. The summed E-state index contributed by atoms with van der Waals surface area (Å²) < 4.78 is 9.89. The molecule has 0 aromatic carbocycles. The van der Waals surface area contributed by atoms with Gasteiger partial charge in [0.05, 0.1) is 0 Å². The summed E-state index contributed by atoms with van der Waals surface area (Å²) in [4.78, 5) is 26.8. The Morgan fingerprint density at radius 2 is 0.656 bits per heavy atom. The van der Waals surface area contributed by atoms with Crippen molar-refractivity contribution in [2.24, 2.45) is 23.2 Å². The molecule has 364 valence electrons. The standard InChI is InChI=1S/C26H51Si3.2C9H21OSi.2C4H8O.3Li/c1-23(2,3)28(10,11)27-22(29(12,24(4,5)6)25(7,8)9)26-16-19-13-20(17-26)15-21(14-19)18-26;2*1-8(2,3)11(7,10)9(4,5)6;2*1-2-4-5-3-1;;;/h19-21H,13-18H2,1-12H3;2*1-7H3;2*1-4H2;;;/q3*-1;;;3*+1. The van der Waals surface area contributed by atoms with Crippen LogP contribution in [0.5, 0.6) is 0 Å². The summed E-state index contributed by atoms with van der Waals surface area (Å²) in [7, 11) is -6.61. The Hall–Kier alpha value is 2.59. The van der Waals surface area contributed by atoms with Crippen LogP contribution < -0.4 is 66.2 Å². The van der Waals surface area contributed by atoms with Gasteiger partial charge in [-0.15, -0.1) is 7.59 Å². The van der Waals surface area contributed by atoms with Gasteiger partial charge in [0, 0.05) is 34.5 Å². The number of rotatable bonds is 3. The first-order valence-corrected chi connectivity index (χ1v) is 37.4. The van der Waals surface area contributed by atoms with Crippen LogP contribution in [0.4, 0.5) is 0 Å². The quantitative estimate of drug-likeness (QED) is 0.329. The third-order valence-corrected chi connectivity index (χ3v) is 49.4. The molecule has 4 bridgehead atoms. The Morgan fingerprint density at radius 1 is 0.422 bits per heavy atom. The molecule has 12 heteroatoms. The van der Waals surface area contributed by atoms with E-state index in [2.05, 4.69) is 170 Å². The van der Waals surface area contributed by atoms with Gasteiger partial charge < -0.3 is 27.7 Å². The molecule has 0 radical (unpaired) electrons. The van der Waals surface area contributed by atoms with E-state index in [1.54, 1.807) is 38.5 Å². The molecule has 4 aliphatic carbocycles. The zero-order valence-corrected chi connectivity index (χ0v) is 54.3. The minimum Gasteiger partial charge on any atom is -0.858 e. The van der Waals surface area contributed by atoms with Crippen molar-refractivity contribution in [3.8, 4) is 0 Å². The zero-order valence-electron chi connectivity index (χ0n) is 49.3. The Kier molecular flexibility index (Phi) is 28.2. The van der Waals surface area contributed by atoms with E-state index in [0.717, 1.165) is 52.8 Å². The molecule has 6 rings (SSSR count). The van der Waals surface area contributed by atoms with Gasteiger partial charge in [-0.1, -0.05) is 203 Å². The maximum absolute atomic E-state index is 12.3. The molecule has 0 amide bonds. The van der Waals surface area contributed by atoms with Crippen molar-refractivity contribution in [3.05, 3.63) is 0 Å². The molecular weight excluding hydrogens is 850 g/mol. The Balaban J connectivity index is -0.000000874. The topological polar surface area (TPSA) is 64.6 Å². The van der Waals surface area contributed by atoms with Crippen LogP contribution in [-0.4, -0.2) is 72.2 Å². The first kappa shape index (κ1) is 70.8. The molecule has 6 aliphatic rings. The molecule has 6 fully saturated rings. The van der Waals surface area contributed by atoms with Gasteiger partial charge in [0.1, 0.15) is 0 Å². The minimum atomic E-state index is -2.36. The summed E-state index contributed by atoms with van der Waals surface area (Å²) in [6.07, 6.45) is 14.5. The maximum atomic E-state index is 12.3. The molecule has 0 N–H and O–H groups in total. The first-order chi connectivity index (χ1) is 26.8. The molecule has 0 aromatic heterocycles. The van der Waals surface area contributed by atoms with Crippen LogP contribution in [0.1, 0.15) is 210 Å². The largest absolute Gasteiger partial charge is 1.00 e. The van der Waals surface area contributed by atoms with Crippen molar-refractivity contribution in [2.45, 2.75) is 278 Å². The molecule has 2 heterocycles. The molecule has 0 atom stereocenters. The Bertz CT molecular complexity index is 1230. The second-order valence-corrected chi connectivity index (χ2v) is 55.3. The van der Waals surface area contributed by atoms with Crippen LogP contribution >= 0.6 is 0 Å². The van der Waals surface area contributed by atoms with Gasteiger partial charge in [-0.2, -0.15) is 0 Å². The third kappa shape index (κ3) is 18.3. The summed E-state index contributed by atoms with van der Waals surface area (Å²) >= 11 is 0. The molecule has 4 nitrogen and oxygen atoms in total. The maximum Gasteiger partial charge on any atom is 1.00 e. The van der Waals surface area contributed by atoms with Crippen molar-refractivity contribution >= 4 is 45.7 Å². The normalized spacial score (nSPS) is 24.4. The average Bonchev–Trinajstić information content (AvgIpc) is 3.80. The molecular formula is C52H109Li3O4Si5. The third-order valence-electron chi connectivity index (χ3n) is 17.8. The van der Waals surface area contributed by atoms with Gasteiger partial charge in [-0.25, -0.2) is 0 Å². The van der Waals surface area contributed by atoms with Crippen LogP contribution in [0.2, 0.25) is 68.0 Å². The van der Waals surface area contributed by atoms with Gasteiger partial charge in [0.2, 0.25) is 0 Å². The average molecular weight is 960 g/mol. The van der Waals surface area contributed by atoms with Crippen molar-refractivity contribution in [3.63, 3.8) is 0 Å². The van der Waals surface area contributed by atoms with Crippen molar-refractivity contribution in [1.82, 2.24) is 0 Å². The van der Waals surface area contributed by atoms with E-state index in [-0.39, 0.29) is 76.7 Å². The predicted octanol–water partition coefficient (Wildman–Crippen LogP) is 5.95. The van der Waals surface area contributed by atoms with E-state index >= 15 is 0 Å². The van der Waals surface area contributed by atoms with E-state index < -0.39 is 32.3 Å². The van der Waals surface area contributed by atoms with Crippen LogP contribution in [0.3, 0.4) is 0 Å². The Morgan fingerprint density at radius 3 is 0.797 bits per heavy atom. The van der Waals surface area contributed by atoms with E-state index in [9.17, 15) is 9.59 Å². The van der Waals surface area contributed by atoms with Gasteiger partial charge in [0.15, 0.2) is 0 Å². The fraction of sp³-hybridized carbons (Fsp3) is 0.981. The van der Waals surface area contributed by atoms with Crippen molar-refractivity contribution in [2.75, 3.05) is 26.4 Å². The fourth-order valence-corrected chi connectivity index (χ4v) is 34.1. The first-order valence-electron chi connectivity index (χ1n) is 25.0. The van der Waals surface area contributed by atoms with Crippen LogP contribution in [0.15, 0.2) is 0 Å². The summed E-state index contributed by atoms with van der Waals surface area (Å²) in [6, 6.07) is 0. The summed E-state index contributed by atoms with van der Waals surface area (Å²) in [5.74, 6) is 3.16. The number of hydrogen-bond donors (Lipinski definition) is 0. The molecule has 0 spiro atoms. The molecule has 0 unspecified atom stereocenters. The molecule has 2 saturated heterocycles. The smallest absolute Gasteiger partial charge is 0.858 e. The molecule has 2 aliphatic heterocycles.